The van der Waals surface area contributed by atoms with Gasteiger partial charge in [-0.25, -0.2) is 4.39 Å². The molecule has 0 aromatic heterocycles. The second kappa shape index (κ2) is 9.00. The third kappa shape index (κ3) is 4.58. The molecule has 1 fully saturated rings. The summed E-state index contributed by atoms with van der Waals surface area (Å²) >= 11 is 0. The SMILES string of the molecule is C[C@H](OC(=O)[C@@H](C)c1ccc(-c2ccccc2)c(F)c1)C(=O)N1CCCCC1. The molecule has 0 radical (unpaired) electrons. The average molecular weight is 383 g/mol. The Morgan fingerprint density at radius 2 is 1.68 bits per heavy atom. The fourth-order valence-corrected chi connectivity index (χ4v) is 3.49. The fourth-order valence-electron chi connectivity index (χ4n) is 3.49. The van der Waals surface area contributed by atoms with Crippen LogP contribution in [0, 0.1) is 5.82 Å². The van der Waals surface area contributed by atoms with Crippen molar-refractivity contribution in [1.82, 2.24) is 4.90 Å². The average Bonchev–Trinajstić information content (AvgIpc) is 2.73. The van der Waals surface area contributed by atoms with Crippen molar-refractivity contribution in [3.05, 3.63) is 59.9 Å². The van der Waals surface area contributed by atoms with Crippen molar-refractivity contribution >= 4 is 11.9 Å². The molecule has 2 aromatic rings. The Morgan fingerprint density at radius 1 is 1.00 bits per heavy atom. The van der Waals surface area contributed by atoms with E-state index in [1.807, 2.05) is 30.3 Å². The van der Waals surface area contributed by atoms with Gasteiger partial charge in [0.25, 0.3) is 5.91 Å². The summed E-state index contributed by atoms with van der Waals surface area (Å²) in [6.45, 7) is 4.68. The second-order valence-electron chi connectivity index (χ2n) is 7.29. The summed E-state index contributed by atoms with van der Waals surface area (Å²) in [7, 11) is 0. The van der Waals surface area contributed by atoms with Crippen LogP contribution < -0.4 is 0 Å². The number of likely N-dealkylation sites (tertiary alicyclic amines) is 1. The number of ether oxygens (including phenoxy) is 1. The van der Waals surface area contributed by atoms with Gasteiger partial charge in [-0.1, -0.05) is 42.5 Å². The van der Waals surface area contributed by atoms with Gasteiger partial charge in [0.15, 0.2) is 6.10 Å². The molecule has 4 nitrogen and oxygen atoms in total. The van der Waals surface area contributed by atoms with Crippen LogP contribution in [0.5, 0.6) is 0 Å². The van der Waals surface area contributed by atoms with Crippen LogP contribution in [0.15, 0.2) is 48.5 Å². The topological polar surface area (TPSA) is 46.6 Å². The molecule has 28 heavy (non-hydrogen) atoms. The maximum absolute atomic E-state index is 14.6. The van der Waals surface area contributed by atoms with E-state index in [4.69, 9.17) is 4.74 Å². The molecule has 1 aliphatic rings. The molecule has 1 amide bonds. The van der Waals surface area contributed by atoms with Gasteiger partial charge >= 0.3 is 5.97 Å². The maximum Gasteiger partial charge on any atom is 0.313 e. The van der Waals surface area contributed by atoms with Gasteiger partial charge < -0.3 is 9.64 Å². The Kier molecular flexibility index (Phi) is 6.45. The lowest BCUT2D eigenvalue weighted by molar-refractivity contribution is -0.160. The minimum absolute atomic E-state index is 0.161. The number of hydrogen-bond donors (Lipinski definition) is 0. The molecule has 1 aliphatic heterocycles. The molecular weight excluding hydrogens is 357 g/mol. The van der Waals surface area contributed by atoms with E-state index in [9.17, 15) is 14.0 Å². The Bertz CT molecular complexity index is 831. The zero-order valence-electron chi connectivity index (χ0n) is 16.4. The Hall–Kier alpha value is -2.69. The normalized spacial score (nSPS) is 16.3. The van der Waals surface area contributed by atoms with E-state index in [1.165, 1.54) is 6.07 Å². The van der Waals surface area contributed by atoms with Gasteiger partial charge in [0, 0.05) is 18.7 Å². The molecule has 1 heterocycles. The molecule has 0 aliphatic carbocycles. The summed E-state index contributed by atoms with van der Waals surface area (Å²) in [5, 5.41) is 0. The molecule has 0 unspecified atom stereocenters. The van der Waals surface area contributed by atoms with Gasteiger partial charge in [0.05, 0.1) is 5.92 Å². The van der Waals surface area contributed by atoms with Crippen LogP contribution in [0.2, 0.25) is 0 Å². The maximum atomic E-state index is 14.6. The summed E-state index contributed by atoms with van der Waals surface area (Å²) in [6, 6.07) is 14.0. The van der Waals surface area contributed by atoms with Crippen LogP contribution in [-0.4, -0.2) is 36.0 Å². The van der Waals surface area contributed by atoms with Crippen molar-refractivity contribution in [2.45, 2.75) is 45.1 Å². The summed E-state index contributed by atoms with van der Waals surface area (Å²) in [5.41, 5.74) is 1.79. The Balaban J connectivity index is 1.66. The highest BCUT2D eigenvalue weighted by molar-refractivity contribution is 5.85. The van der Waals surface area contributed by atoms with Crippen LogP contribution in [-0.2, 0) is 14.3 Å². The predicted molar refractivity (Wildman–Crippen MR) is 106 cm³/mol. The first-order valence-corrected chi connectivity index (χ1v) is 9.81. The zero-order valence-corrected chi connectivity index (χ0v) is 16.4. The minimum Gasteiger partial charge on any atom is -0.452 e. The number of carbonyl (C=O) groups is 2. The van der Waals surface area contributed by atoms with Gasteiger partial charge in [-0.2, -0.15) is 0 Å². The van der Waals surface area contributed by atoms with E-state index in [2.05, 4.69) is 0 Å². The van der Waals surface area contributed by atoms with E-state index < -0.39 is 18.0 Å². The lowest BCUT2D eigenvalue weighted by Gasteiger charge is -2.29. The van der Waals surface area contributed by atoms with E-state index >= 15 is 0 Å². The molecular formula is C23H26FNO3. The lowest BCUT2D eigenvalue weighted by atomic mass is 9.97. The number of piperidine rings is 1. The molecule has 1 saturated heterocycles. The standard InChI is InChI=1S/C23H26FNO3/c1-16(23(27)28-17(2)22(26)25-13-7-4-8-14-25)19-11-12-20(21(24)15-19)18-9-5-3-6-10-18/h3,5-6,9-12,15-17H,4,7-8,13-14H2,1-2H3/t16-,17-/m0/s1. The summed E-state index contributed by atoms with van der Waals surface area (Å²) in [4.78, 5) is 26.7. The van der Waals surface area contributed by atoms with Crippen LogP contribution in [0.4, 0.5) is 4.39 Å². The Morgan fingerprint density at radius 3 is 2.32 bits per heavy atom. The first kappa shape index (κ1) is 20.1. The third-order valence-corrected chi connectivity index (χ3v) is 5.24. The van der Waals surface area contributed by atoms with E-state index in [1.54, 1.807) is 30.9 Å². The molecule has 2 atom stereocenters. The summed E-state index contributed by atoms with van der Waals surface area (Å²) in [6.07, 6.45) is 2.26. The van der Waals surface area contributed by atoms with Crippen LogP contribution in [0.25, 0.3) is 11.1 Å². The van der Waals surface area contributed by atoms with Crippen molar-refractivity contribution in [3.8, 4) is 11.1 Å². The zero-order chi connectivity index (χ0) is 20.1. The highest BCUT2D eigenvalue weighted by Crippen LogP contribution is 2.27. The van der Waals surface area contributed by atoms with Crippen LogP contribution in [0.3, 0.4) is 0 Å². The predicted octanol–water partition coefficient (Wildman–Crippen LogP) is 4.54. The number of rotatable bonds is 5. The molecule has 2 aromatic carbocycles. The molecule has 0 bridgehead atoms. The number of esters is 1. The van der Waals surface area contributed by atoms with Gasteiger partial charge in [-0.3, -0.25) is 9.59 Å². The molecule has 0 spiro atoms. The van der Waals surface area contributed by atoms with Crippen molar-refractivity contribution < 1.29 is 18.7 Å². The molecule has 5 heteroatoms. The summed E-state index contributed by atoms with van der Waals surface area (Å²) in [5.74, 6) is -1.73. The fraction of sp³-hybridized carbons (Fsp3) is 0.391. The highest BCUT2D eigenvalue weighted by Gasteiger charge is 2.27. The number of amides is 1. The highest BCUT2D eigenvalue weighted by atomic mass is 19.1. The number of benzene rings is 2. The molecule has 0 N–H and O–H groups in total. The van der Waals surface area contributed by atoms with E-state index in [-0.39, 0.29) is 11.7 Å². The van der Waals surface area contributed by atoms with Gasteiger partial charge in [0.2, 0.25) is 0 Å². The largest absolute Gasteiger partial charge is 0.452 e. The van der Waals surface area contributed by atoms with Crippen LogP contribution >= 0.6 is 0 Å². The second-order valence-corrected chi connectivity index (χ2v) is 7.29. The molecule has 3 rings (SSSR count). The van der Waals surface area contributed by atoms with Crippen molar-refractivity contribution in [2.75, 3.05) is 13.1 Å². The van der Waals surface area contributed by atoms with Gasteiger partial charge in [0.1, 0.15) is 5.82 Å². The number of carbonyl (C=O) groups excluding carboxylic acids is 2. The summed E-state index contributed by atoms with van der Waals surface area (Å²) < 4.78 is 20.0. The number of halogens is 1. The minimum atomic E-state index is -0.832. The van der Waals surface area contributed by atoms with E-state index in [0.717, 1.165) is 24.8 Å². The van der Waals surface area contributed by atoms with Crippen molar-refractivity contribution in [3.63, 3.8) is 0 Å². The smallest absolute Gasteiger partial charge is 0.313 e. The van der Waals surface area contributed by atoms with Crippen molar-refractivity contribution in [2.24, 2.45) is 0 Å². The first-order chi connectivity index (χ1) is 13.5. The molecule has 0 saturated carbocycles. The van der Waals surface area contributed by atoms with Gasteiger partial charge in [-0.05, 0) is 50.3 Å². The monoisotopic (exact) mass is 383 g/mol. The van der Waals surface area contributed by atoms with Crippen molar-refractivity contribution in [1.29, 1.82) is 0 Å². The number of nitrogens with zero attached hydrogens (tertiary/aromatic N) is 1. The Labute approximate surface area is 165 Å². The number of hydrogen-bond acceptors (Lipinski definition) is 3. The van der Waals surface area contributed by atoms with Gasteiger partial charge in [-0.15, -0.1) is 0 Å². The van der Waals surface area contributed by atoms with Crippen LogP contribution in [0.1, 0.15) is 44.6 Å². The molecule has 148 valence electrons. The lowest BCUT2D eigenvalue weighted by Crippen LogP contribution is -2.43. The van der Waals surface area contributed by atoms with E-state index in [0.29, 0.717) is 24.2 Å². The first-order valence-electron chi connectivity index (χ1n) is 9.81. The quantitative estimate of drug-likeness (QED) is 0.712. The third-order valence-electron chi connectivity index (χ3n) is 5.24.